The number of likely N-dealkylation sites (tertiary alicyclic amines) is 1. The lowest BCUT2D eigenvalue weighted by atomic mass is 9.90. The van der Waals surface area contributed by atoms with Crippen molar-refractivity contribution in [2.45, 2.75) is 44.6 Å². The Morgan fingerprint density at radius 1 is 1.03 bits per heavy atom. The molecular formula is C25H30N2O4. The molecule has 0 saturated carbocycles. The molecule has 1 saturated heterocycles. The lowest BCUT2D eigenvalue weighted by Gasteiger charge is -2.34. The van der Waals surface area contributed by atoms with E-state index in [0.29, 0.717) is 19.4 Å². The van der Waals surface area contributed by atoms with Crippen molar-refractivity contribution in [1.82, 2.24) is 10.2 Å². The first-order valence-corrected chi connectivity index (χ1v) is 10.6. The predicted molar refractivity (Wildman–Crippen MR) is 119 cm³/mol. The molecule has 3 rings (SSSR count). The number of hydrogen-bond donors (Lipinski definition) is 1. The van der Waals surface area contributed by atoms with Crippen LogP contribution in [0.1, 0.15) is 30.9 Å². The summed E-state index contributed by atoms with van der Waals surface area (Å²) >= 11 is 0. The Morgan fingerprint density at radius 2 is 1.61 bits per heavy atom. The van der Waals surface area contributed by atoms with Gasteiger partial charge in [-0.25, -0.2) is 9.59 Å². The summed E-state index contributed by atoms with van der Waals surface area (Å²) in [7, 11) is 1.83. The van der Waals surface area contributed by atoms with E-state index in [0.717, 1.165) is 11.1 Å². The van der Waals surface area contributed by atoms with Gasteiger partial charge in [0, 0.05) is 12.6 Å². The number of likely N-dealkylation sites (N-methyl/N-ethyl adjacent to an activating group) is 1. The molecule has 1 unspecified atom stereocenters. The summed E-state index contributed by atoms with van der Waals surface area (Å²) in [6.45, 7) is 2.58. The van der Waals surface area contributed by atoms with Gasteiger partial charge in [-0.1, -0.05) is 72.8 Å². The minimum atomic E-state index is -1.11. The number of hydrogen-bond acceptors (Lipinski definition) is 5. The number of rotatable bonds is 8. The number of esters is 1. The van der Waals surface area contributed by atoms with Gasteiger partial charge in [0.25, 0.3) is 0 Å². The van der Waals surface area contributed by atoms with Gasteiger partial charge in [-0.3, -0.25) is 4.90 Å². The monoisotopic (exact) mass is 422 g/mol. The molecule has 0 radical (unpaired) electrons. The van der Waals surface area contributed by atoms with Gasteiger partial charge in [0.1, 0.15) is 18.8 Å². The first kappa shape index (κ1) is 22.6. The zero-order valence-corrected chi connectivity index (χ0v) is 18.1. The maximum atomic E-state index is 13.4. The fourth-order valence-electron chi connectivity index (χ4n) is 3.86. The molecule has 0 aromatic heterocycles. The first-order valence-electron chi connectivity index (χ1n) is 10.6. The van der Waals surface area contributed by atoms with Crippen molar-refractivity contribution in [1.29, 1.82) is 0 Å². The Morgan fingerprint density at radius 3 is 2.16 bits per heavy atom. The maximum Gasteiger partial charge on any atom is 0.411 e. The summed E-state index contributed by atoms with van der Waals surface area (Å²) in [6.07, 6.45) is 4.10. The molecule has 1 aliphatic rings. The van der Waals surface area contributed by atoms with Crippen LogP contribution >= 0.6 is 0 Å². The van der Waals surface area contributed by atoms with Gasteiger partial charge >= 0.3 is 12.1 Å². The zero-order valence-electron chi connectivity index (χ0n) is 18.1. The summed E-state index contributed by atoms with van der Waals surface area (Å²) in [6, 6.07) is 19.0. The smallest absolute Gasteiger partial charge is 0.411 e. The molecule has 6 nitrogen and oxygen atoms in total. The molecule has 31 heavy (non-hydrogen) atoms. The number of ether oxygens (including phenoxy) is 2. The highest BCUT2D eigenvalue weighted by Crippen LogP contribution is 2.35. The van der Waals surface area contributed by atoms with Gasteiger partial charge in [-0.15, -0.1) is 0 Å². The number of benzene rings is 2. The van der Waals surface area contributed by atoms with Gasteiger partial charge in [-0.2, -0.15) is 0 Å². The van der Waals surface area contributed by atoms with E-state index in [1.807, 2.05) is 86.8 Å². The third-order valence-corrected chi connectivity index (χ3v) is 5.62. The summed E-state index contributed by atoms with van der Waals surface area (Å²) in [5, 5.41) is 3.20. The van der Waals surface area contributed by atoms with Crippen LogP contribution in [0.5, 0.6) is 0 Å². The van der Waals surface area contributed by atoms with E-state index in [4.69, 9.17) is 9.47 Å². The standard InChI is InChI=1S/C25H30N2O4/c1-3-4-15-25(23(28)30-18-20-11-7-5-8-12-20)16-22(26-2)17-27(25)24(29)31-19-21-13-9-6-10-14-21/h3-14,22,26H,15-19H2,1-2H3/b4-3+/t22-,25?/m1/s1. The second-order valence-electron chi connectivity index (χ2n) is 7.71. The van der Waals surface area contributed by atoms with Crippen molar-refractivity contribution in [3.05, 3.63) is 83.9 Å². The average Bonchev–Trinajstić information content (AvgIpc) is 3.21. The third kappa shape index (κ3) is 5.52. The number of nitrogens with one attached hydrogen (secondary N) is 1. The molecule has 2 atom stereocenters. The van der Waals surface area contributed by atoms with Gasteiger partial charge in [-0.05, 0) is 37.9 Å². The molecule has 1 fully saturated rings. The molecular weight excluding hydrogens is 392 g/mol. The number of allylic oxidation sites excluding steroid dienone is 1. The van der Waals surface area contributed by atoms with E-state index in [1.54, 1.807) is 0 Å². The van der Waals surface area contributed by atoms with Crippen LogP contribution in [0.15, 0.2) is 72.8 Å². The lowest BCUT2D eigenvalue weighted by Crippen LogP contribution is -2.53. The fraction of sp³-hybridized carbons (Fsp3) is 0.360. The summed E-state index contributed by atoms with van der Waals surface area (Å²) < 4.78 is 11.3. The molecule has 6 heteroatoms. The van der Waals surface area contributed by atoms with E-state index in [-0.39, 0.29) is 19.3 Å². The zero-order chi connectivity index (χ0) is 22.1. The molecule has 1 amide bonds. The molecule has 0 bridgehead atoms. The van der Waals surface area contributed by atoms with Crippen molar-refractivity contribution >= 4 is 12.1 Å². The second-order valence-corrected chi connectivity index (χ2v) is 7.71. The predicted octanol–water partition coefficient (Wildman–Crippen LogP) is 4.07. The largest absolute Gasteiger partial charge is 0.459 e. The van der Waals surface area contributed by atoms with Crippen LogP contribution in [0.2, 0.25) is 0 Å². The van der Waals surface area contributed by atoms with Crippen LogP contribution in [-0.2, 0) is 27.5 Å². The molecule has 0 spiro atoms. The van der Waals surface area contributed by atoms with Gasteiger partial charge in [0.15, 0.2) is 0 Å². The van der Waals surface area contributed by atoms with E-state index in [9.17, 15) is 9.59 Å². The summed E-state index contributed by atoms with van der Waals surface area (Å²) in [5.41, 5.74) is 0.687. The van der Waals surface area contributed by atoms with Crippen LogP contribution in [0, 0.1) is 0 Å². The molecule has 1 heterocycles. The Labute approximate surface area is 183 Å². The van der Waals surface area contributed by atoms with Gasteiger partial charge < -0.3 is 14.8 Å². The normalized spacial score (nSPS) is 20.7. The van der Waals surface area contributed by atoms with Crippen LogP contribution in [0.4, 0.5) is 4.79 Å². The Hall–Kier alpha value is -3.12. The number of nitrogens with zero attached hydrogens (tertiary/aromatic N) is 1. The fourth-order valence-corrected chi connectivity index (χ4v) is 3.86. The van der Waals surface area contributed by atoms with Gasteiger partial charge in [0.05, 0.1) is 0 Å². The van der Waals surface area contributed by atoms with E-state index in [2.05, 4.69) is 5.32 Å². The molecule has 2 aromatic carbocycles. The van der Waals surface area contributed by atoms with Crippen molar-refractivity contribution < 1.29 is 19.1 Å². The molecule has 0 aliphatic carbocycles. The second kappa shape index (κ2) is 10.8. The topological polar surface area (TPSA) is 67.9 Å². The van der Waals surface area contributed by atoms with Crippen LogP contribution < -0.4 is 5.32 Å². The Balaban J connectivity index is 1.79. The third-order valence-electron chi connectivity index (χ3n) is 5.62. The molecule has 2 aromatic rings. The van der Waals surface area contributed by atoms with E-state index < -0.39 is 17.6 Å². The average molecular weight is 423 g/mol. The Bertz CT molecular complexity index is 885. The Kier molecular flexibility index (Phi) is 7.84. The molecule has 1 N–H and O–H groups in total. The number of carbonyl (C=O) groups excluding carboxylic acids is 2. The quantitative estimate of drug-likeness (QED) is 0.513. The highest BCUT2D eigenvalue weighted by Gasteiger charge is 2.54. The van der Waals surface area contributed by atoms with Gasteiger partial charge in [0.2, 0.25) is 0 Å². The number of amides is 1. The van der Waals surface area contributed by atoms with E-state index >= 15 is 0 Å². The number of carbonyl (C=O) groups is 2. The highest BCUT2D eigenvalue weighted by molar-refractivity contribution is 5.87. The van der Waals surface area contributed by atoms with Crippen LogP contribution in [0.3, 0.4) is 0 Å². The minimum absolute atomic E-state index is 0.0289. The van der Waals surface area contributed by atoms with Crippen LogP contribution in [-0.4, -0.2) is 42.1 Å². The highest BCUT2D eigenvalue weighted by atomic mass is 16.6. The van der Waals surface area contributed by atoms with E-state index in [1.165, 1.54) is 4.90 Å². The maximum absolute atomic E-state index is 13.4. The van der Waals surface area contributed by atoms with Crippen molar-refractivity contribution in [3.63, 3.8) is 0 Å². The lowest BCUT2D eigenvalue weighted by molar-refractivity contribution is -0.157. The molecule has 1 aliphatic heterocycles. The molecule has 164 valence electrons. The summed E-state index contributed by atoms with van der Waals surface area (Å²) in [5.74, 6) is -0.413. The van der Waals surface area contributed by atoms with Crippen molar-refractivity contribution in [2.24, 2.45) is 0 Å². The summed E-state index contributed by atoms with van der Waals surface area (Å²) in [4.78, 5) is 28.0. The SMILES string of the molecule is C/C=C/CC1(C(=O)OCc2ccccc2)C[C@@H](NC)CN1C(=O)OCc1ccccc1. The minimum Gasteiger partial charge on any atom is -0.459 e. The van der Waals surface area contributed by atoms with Crippen molar-refractivity contribution in [2.75, 3.05) is 13.6 Å². The first-order chi connectivity index (χ1) is 15.1. The van der Waals surface area contributed by atoms with Crippen LogP contribution in [0.25, 0.3) is 0 Å². The van der Waals surface area contributed by atoms with Crippen molar-refractivity contribution in [3.8, 4) is 0 Å².